The largest absolute Gasteiger partial charge is 0.368 e. The van der Waals surface area contributed by atoms with Gasteiger partial charge in [0.15, 0.2) is 0 Å². The fourth-order valence-electron chi connectivity index (χ4n) is 2.29. The van der Waals surface area contributed by atoms with Gasteiger partial charge in [-0.3, -0.25) is 4.79 Å². The molecule has 0 radical (unpaired) electrons. The number of carbonyl (C=O) groups is 1. The van der Waals surface area contributed by atoms with Crippen molar-refractivity contribution in [3.8, 4) is 0 Å². The van der Waals surface area contributed by atoms with E-state index in [9.17, 15) is 4.79 Å². The summed E-state index contributed by atoms with van der Waals surface area (Å²) in [4.78, 5) is 14.1. The van der Waals surface area contributed by atoms with Crippen molar-refractivity contribution >= 4 is 5.91 Å². The molecule has 0 aromatic carbocycles. The summed E-state index contributed by atoms with van der Waals surface area (Å²) in [6.07, 6.45) is 5.47. The number of nitrogens with two attached hydrogens (primary N) is 1. The number of primary amides is 1. The first-order valence-electron chi connectivity index (χ1n) is 7.31. The molecule has 1 rings (SSSR count). The lowest BCUT2D eigenvalue weighted by molar-refractivity contribution is -0.124. The van der Waals surface area contributed by atoms with E-state index in [0.717, 1.165) is 38.9 Å². The molecule has 1 aliphatic carbocycles. The normalized spacial score (nSPS) is 18.9. The van der Waals surface area contributed by atoms with Gasteiger partial charge in [0.2, 0.25) is 5.91 Å². The maximum atomic E-state index is 11.7. The fourth-order valence-corrected chi connectivity index (χ4v) is 2.29. The number of hydrogen-bond donors (Lipinski definition) is 2. The molecule has 1 fully saturated rings. The van der Waals surface area contributed by atoms with Crippen molar-refractivity contribution in [3.05, 3.63) is 0 Å². The zero-order valence-electron chi connectivity index (χ0n) is 12.2. The minimum atomic E-state index is -0.541. The standard InChI is InChI=1S/C14H29N3O/c1-4-9-17(10-5-2)11-8-14(3,13(15)18)16-12-6-7-12/h12,16H,4-11H2,1-3H3,(H2,15,18). The Balaban J connectivity index is 2.45. The summed E-state index contributed by atoms with van der Waals surface area (Å²) in [6.45, 7) is 9.49. The number of amides is 1. The van der Waals surface area contributed by atoms with Crippen molar-refractivity contribution < 1.29 is 4.79 Å². The van der Waals surface area contributed by atoms with Gasteiger partial charge in [0.25, 0.3) is 0 Å². The Bertz CT molecular complexity index is 260. The summed E-state index contributed by atoms with van der Waals surface area (Å²) in [6, 6.07) is 0.508. The third-order valence-corrected chi connectivity index (χ3v) is 3.65. The molecule has 1 unspecified atom stereocenters. The Morgan fingerprint density at radius 3 is 2.22 bits per heavy atom. The summed E-state index contributed by atoms with van der Waals surface area (Å²) in [5, 5.41) is 3.41. The first-order valence-corrected chi connectivity index (χ1v) is 7.31. The van der Waals surface area contributed by atoms with Gasteiger partial charge in [0, 0.05) is 12.6 Å². The smallest absolute Gasteiger partial charge is 0.237 e. The molecule has 1 aliphatic rings. The first kappa shape index (κ1) is 15.4. The van der Waals surface area contributed by atoms with E-state index in [0.29, 0.717) is 6.04 Å². The minimum Gasteiger partial charge on any atom is -0.368 e. The molecule has 4 heteroatoms. The molecule has 4 nitrogen and oxygen atoms in total. The molecule has 0 saturated heterocycles. The Hall–Kier alpha value is -0.610. The van der Waals surface area contributed by atoms with Crippen LogP contribution in [0.5, 0.6) is 0 Å². The molecule has 3 N–H and O–H groups in total. The Morgan fingerprint density at radius 1 is 1.28 bits per heavy atom. The number of hydrogen-bond acceptors (Lipinski definition) is 3. The van der Waals surface area contributed by atoms with Crippen molar-refractivity contribution in [2.75, 3.05) is 19.6 Å². The third kappa shape index (κ3) is 4.94. The SMILES string of the molecule is CCCN(CCC)CCC(C)(NC1CC1)C(N)=O. The molecule has 0 aliphatic heterocycles. The van der Waals surface area contributed by atoms with Gasteiger partial charge in [0.05, 0.1) is 5.54 Å². The monoisotopic (exact) mass is 255 g/mol. The van der Waals surface area contributed by atoms with Crippen LogP contribution in [0.4, 0.5) is 0 Å². The van der Waals surface area contributed by atoms with E-state index in [4.69, 9.17) is 5.73 Å². The summed E-state index contributed by atoms with van der Waals surface area (Å²) >= 11 is 0. The van der Waals surface area contributed by atoms with Crippen LogP contribution < -0.4 is 11.1 Å². The molecular formula is C14H29N3O. The van der Waals surface area contributed by atoms with Crippen LogP contribution in [0.3, 0.4) is 0 Å². The molecule has 0 bridgehead atoms. The highest BCUT2D eigenvalue weighted by Crippen LogP contribution is 2.24. The van der Waals surface area contributed by atoms with Gasteiger partial charge in [-0.05, 0) is 52.1 Å². The number of rotatable bonds is 10. The second-order valence-electron chi connectivity index (χ2n) is 5.71. The topological polar surface area (TPSA) is 58.4 Å². The maximum absolute atomic E-state index is 11.7. The number of nitrogens with zero attached hydrogens (tertiary/aromatic N) is 1. The van der Waals surface area contributed by atoms with E-state index in [1.165, 1.54) is 12.8 Å². The molecule has 106 valence electrons. The number of nitrogens with one attached hydrogen (secondary N) is 1. The van der Waals surface area contributed by atoms with Crippen LogP contribution in [-0.4, -0.2) is 42.0 Å². The lowest BCUT2D eigenvalue weighted by atomic mass is 9.96. The van der Waals surface area contributed by atoms with Crippen LogP contribution >= 0.6 is 0 Å². The predicted molar refractivity (Wildman–Crippen MR) is 75.4 cm³/mol. The first-order chi connectivity index (χ1) is 8.51. The van der Waals surface area contributed by atoms with Gasteiger partial charge in [-0.15, -0.1) is 0 Å². The van der Waals surface area contributed by atoms with E-state index in [2.05, 4.69) is 24.1 Å². The van der Waals surface area contributed by atoms with Crippen molar-refractivity contribution in [1.29, 1.82) is 0 Å². The van der Waals surface area contributed by atoms with Crippen LogP contribution in [0.15, 0.2) is 0 Å². The molecule has 1 saturated carbocycles. The lowest BCUT2D eigenvalue weighted by Crippen LogP contribution is -2.55. The summed E-state index contributed by atoms with van der Waals surface area (Å²) < 4.78 is 0. The zero-order valence-corrected chi connectivity index (χ0v) is 12.2. The van der Waals surface area contributed by atoms with Gasteiger partial charge in [-0.25, -0.2) is 0 Å². The number of carbonyl (C=O) groups excluding carboxylic acids is 1. The average Bonchev–Trinajstić information content (AvgIpc) is 3.10. The predicted octanol–water partition coefficient (Wildman–Crippen LogP) is 1.49. The lowest BCUT2D eigenvalue weighted by Gasteiger charge is -2.31. The second kappa shape index (κ2) is 7.10. The van der Waals surface area contributed by atoms with Crippen LogP contribution in [0.1, 0.15) is 52.9 Å². The summed E-state index contributed by atoms with van der Waals surface area (Å²) in [7, 11) is 0. The van der Waals surface area contributed by atoms with Gasteiger partial charge in [0.1, 0.15) is 0 Å². The fraction of sp³-hybridized carbons (Fsp3) is 0.929. The van der Waals surface area contributed by atoms with Crippen LogP contribution in [-0.2, 0) is 4.79 Å². The van der Waals surface area contributed by atoms with Crippen molar-refractivity contribution in [2.45, 2.75) is 64.5 Å². The molecular weight excluding hydrogens is 226 g/mol. The summed E-state index contributed by atoms with van der Waals surface area (Å²) in [5.74, 6) is -0.220. The van der Waals surface area contributed by atoms with Crippen LogP contribution in [0.25, 0.3) is 0 Å². The molecule has 1 amide bonds. The molecule has 0 heterocycles. The Morgan fingerprint density at radius 2 is 1.83 bits per heavy atom. The van der Waals surface area contributed by atoms with E-state index >= 15 is 0 Å². The Labute approximate surface area is 111 Å². The maximum Gasteiger partial charge on any atom is 0.237 e. The molecule has 0 spiro atoms. The summed E-state index contributed by atoms with van der Waals surface area (Å²) in [5.41, 5.74) is 5.02. The Kier molecular flexibility index (Phi) is 6.09. The molecule has 18 heavy (non-hydrogen) atoms. The second-order valence-corrected chi connectivity index (χ2v) is 5.71. The van der Waals surface area contributed by atoms with Crippen molar-refractivity contribution in [2.24, 2.45) is 5.73 Å². The highest BCUT2D eigenvalue weighted by atomic mass is 16.1. The zero-order chi connectivity index (χ0) is 13.6. The third-order valence-electron chi connectivity index (χ3n) is 3.65. The average molecular weight is 255 g/mol. The van der Waals surface area contributed by atoms with E-state index in [1.54, 1.807) is 0 Å². The van der Waals surface area contributed by atoms with Crippen molar-refractivity contribution in [1.82, 2.24) is 10.2 Å². The van der Waals surface area contributed by atoms with Gasteiger partial charge in [-0.2, -0.15) is 0 Å². The van der Waals surface area contributed by atoms with Crippen molar-refractivity contribution in [3.63, 3.8) is 0 Å². The van der Waals surface area contributed by atoms with E-state index in [1.807, 2.05) is 6.92 Å². The molecule has 1 atom stereocenters. The quantitative estimate of drug-likeness (QED) is 0.622. The van der Waals surface area contributed by atoms with E-state index < -0.39 is 5.54 Å². The van der Waals surface area contributed by atoms with Crippen LogP contribution in [0, 0.1) is 0 Å². The van der Waals surface area contributed by atoms with E-state index in [-0.39, 0.29) is 5.91 Å². The molecule has 0 aromatic rings. The van der Waals surface area contributed by atoms with Crippen LogP contribution in [0.2, 0.25) is 0 Å². The van der Waals surface area contributed by atoms with Gasteiger partial charge in [-0.1, -0.05) is 13.8 Å². The minimum absolute atomic E-state index is 0.220. The highest BCUT2D eigenvalue weighted by molar-refractivity contribution is 5.84. The van der Waals surface area contributed by atoms with Gasteiger partial charge < -0.3 is 16.0 Å². The van der Waals surface area contributed by atoms with Gasteiger partial charge >= 0.3 is 0 Å². The molecule has 0 aromatic heterocycles. The highest BCUT2D eigenvalue weighted by Gasteiger charge is 2.36.